The summed E-state index contributed by atoms with van der Waals surface area (Å²) < 4.78 is 12.1. The summed E-state index contributed by atoms with van der Waals surface area (Å²) in [6.07, 6.45) is 5.67. The summed E-state index contributed by atoms with van der Waals surface area (Å²) in [6, 6.07) is 1.30. The molecule has 3 aromatic rings. The third-order valence-corrected chi connectivity index (χ3v) is 7.12. The third-order valence-electron chi connectivity index (χ3n) is 7.12. The van der Waals surface area contributed by atoms with E-state index in [0.717, 1.165) is 5.57 Å². The molecular formula is C30H30O7. The van der Waals surface area contributed by atoms with Gasteiger partial charge in [0.1, 0.15) is 39.6 Å². The van der Waals surface area contributed by atoms with Crippen LogP contribution in [0.15, 0.2) is 45.2 Å². The number of phenolic OH excluding ortho intramolecular Hbond substituents is 4. The van der Waals surface area contributed by atoms with Crippen LogP contribution in [0, 0.1) is 0 Å². The Morgan fingerprint density at radius 2 is 1.84 bits per heavy atom. The zero-order chi connectivity index (χ0) is 27.0. The van der Waals surface area contributed by atoms with Crippen LogP contribution in [0.1, 0.15) is 62.8 Å². The van der Waals surface area contributed by atoms with Crippen LogP contribution < -0.4 is 10.2 Å². The van der Waals surface area contributed by atoms with E-state index in [-0.39, 0.29) is 80.6 Å². The minimum atomic E-state index is -0.697. The average Bonchev–Trinajstić information content (AvgIpc) is 2.80. The molecule has 1 aromatic heterocycles. The zero-order valence-corrected chi connectivity index (χ0v) is 21.5. The maximum absolute atomic E-state index is 13.8. The molecule has 192 valence electrons. The van der Waals surface area contributed by atoms with Crippen molar-refractivity contribution in [1.29, 1.82) is 0 Å². The highest BCUT2D eigenvalue weighted by molar-refractivity contribution is 5.93. The van der Waals surface area contributed by atoms with Gasteiger partial charge in [0.05, 0.1) is 11.1 Å². The quantitative estimate of drug-likeness (QED) is 0.249. The van der Waals surface area contributed by atoms with Gasteiger partial charge in [0, 0.05) is 28.7 Å². The van der Waals surface area contributed by atoms with E-state index in [2.05, 4.69) is 6.58 Å². The summed E-state index contributed by atoms with van der Waals surface area (Å²) in [7, 11) is 0. The second kappa shape index (κ2) is 8.20. The van der Waals surface area contributed by atoms with Crippen molar-refractivity contribution in [2.45, 2.75) is 59.0 Å². The van der Waals surface area contributed by atoms with E-state index < -0.39 is 16.9 Å². The lowest BCUT2D eigenvalue weighted by atomic mass is 9.76. The van der Waals surface area contributed by atoms with Gasteiger partial charge in [-0.25, -0.2) is 0 Å². The Morgan fingerprint density at radius 3 is 2.49 bits per heavy atom. The average molecular weight is 503 g/mol. The van der Waals surface area contributed by atoms with Crippen molar-refractivity contribution in [1.82, 2.24) is 0 Å². The lowest BCUT2D eigenvalue weighted by Crippen LogP contribution is -2.28. The van der Waals surface area contributed by atoms with Crippen LogP contribution >= 0.6 is 0 Å². The molecule has 4 N–H and O–H groups in total. The Morgan fingerprint density at radius 1 is 1.14 bits per heavy atom. The molecular weight excluding hydrogens is 472 g/mol. The fraction of sp³-hybridized carbons (Fsp3) is 0.300. The number of allylic oxidation sites excluding steroid dienone is 3. The normalized spacial score (nSPS) is 16.9. The molecule has 5 rings (SSSR count). The van der Waals surface area contributed by atoms with Gasteiger partial charge in [-0.1, -0.05) is 23.8 Å². The molecule has 2 aliphatic rings. The van der Waals surface area contributed by atoms with Crippen molar-refractivity contribution in [2.24, 2.45) is 0 Å². The number of ether oxygens (including phenoxy) is 1. The summed E-state index contributed by atoms with van der Waals surface area (Å²) in [5.41, 5.74) is 1.77. The summed E-state index contributed by atoms with van der Waals surface area (Å²) in [6.45, 7) is 13.3. The zero-order valence-electron chi connectivity index (χ0n) is 21.5. The molecule has 0 radical (unpaired) electrons. The van der Waals surface area contributed by atoms with E-state index in [0.29, 0.717) is 11.1 Å². The molecule has 7 nitrogen and oxygen atoms in total. The first-order chi connectivity index (χ1) is 17.3. The first kappa shape index (κ1) is 24.6. The van der Waals surface area contributed by atoms with Gasteiger partial charge in [-0.3, -0.25) is 4.79 Å². The molecule has 2 heterocycles. The van der Waals surface area contributed by atoms with Gasteiger partial charge in [-0.15, -0.1) is 0 Å². The number of phenols is 4. The van der Waals surface area contributed by atoms with Gasteiger partial charge >= 0.3 is 0 Å². The molecule has 0 amide bonds. The van der Waals surface area contributed by atoms with Crippen molar-refractivity contribution in [3.63, 3.8) is 0 Å². The standard InChI is InChI=1S/C30H30O7/c1-13(2)7-8-15-19(31)12-20-22(24(15)32)26(34)18-11-17(14(3)4)21-23(28(18)36-20)25(33)16-9-10-30(5,6)37-29(16)27(21)35/h7,9-10,12,17,31-33,35H,3,8,11H2,1-2,4-6H3/t17-/m0/s1. The van der Waals surface area contributed by atoms with Crippen LogP contribution in [0.3, 0.4) is 0 Å². The number of rotatable bonds is 3. The Hall–Kier alpha value is -4.13. The molecule has 7 heteroatoms. The number of hydrogen-bond acceptors (Lipinski definition) is 7. The van der Waals surface area contributed by atoms with E-state index in [1.165, 1.54) is 6.07 Å². The molecule has 1 aliphatic carbocycles. The Kier molecular flexibility index (Phi) is 5.44. The summed E-state index contributed by atoms with van der Waals surface area (Å²) in [5.74, 6) is -1.17. The number of aromatic hydroxyl groups is 4. The second-order valence-corrected chi connectivity index (χ2v) is 10.7. The van der Waals surface area contributed by atoms with Crippen molar-refractivity contribution in [3.8, 4) is 40.1 Å². The van der Waals surface area contributed by atoms with Crippen LogP contribution in [-0.2, 0) is 12.8 Å². The summed E-state index contributed by atoms with van der Waals surface area (Å²) in [5, 5.41) is 44.4. The smallest absolute Gasteiger partial charge is 0.200 e. The fourth-order valence-electron chi connectivity index (χ4n) is 5.17. The lowest BCUT2D eigenvalue weighted by Gasteiger charge is -2.34. The van der Waals surface area contributed by atoms with Gasteiger partial charge in [0.2, 0.25) is 0 Å². The maximum atomic E-state index is 13.8. The van der Waals surface area contributed by atoms with Crippen molar-refractivity contribution < 1.29 is 29.6 Å². The SMILES string of the molecule is C=C(C)[C@@H]1Cc2c(oc3cc(O)c(CC=C(C)C)c(O)c3c2=O)-c2c(O)c3c(c(O)c21)OC(C)(C)C=C3. The number of benzene rings is 2. The Balaban J connectivity index is 1.86. The first-order valence-corrected chi connectivity index (χ1v) is 12.1. The maximum Gasteiger partial charge on any atom is 0.200 e. The van der Waals surface area contributed by atoms with E-state index in [9.17, 15) is 25.2 Å². The number of fused-ring (bicyclic) bond motifs is 5. The van der Waals surface area contributed by atoms with E-state index in [1.807, 2.05) is 33.8 Å². The molecule has 0 saturated carbocycles. The number of hydrogen-bond donors (Lipinski definition) is 4. The third kappa shape index (κ3) is 3.68. The largest absolute Gasteiger partial charge is 0.507 e. The Labute approximate surface area is 214 Å². The molecule has 2 aromatic carbocycles. The predicted octanol–water partition coefficient (Wildman–Crippen LogP) is 6.19. The Bertz CT molecular complexity index is 1630. The van der Waals surface area contributed by atoms with Gasteiger partial charge in [-0.05, 0) is 59.6 Å². The van der Waals surface area contributed by atoms with Crippen LogP contribution in [0.5, 0.6) is 28.7 Å². The highest BCUT2D eigenvalue weighted by Gasteiger charge is 2.40. The topological polar surface area (TPSA) is 120 Å². The minimum absolute atomic E-state index is 0.0241. The highest BCUT2D eigenvalue weighted by atomic mass is 16.5. The van der Waals surface area contributed by atoms with Crippen molar-refractivity contribution >= 4 is 17.0 Å². The minimum Gasteiger partial charge on any atom is -0.507 e. The predicted molar refractivity (Wildman–Crippen MR) is 143 cm³/mol. The molecule has 0 spiro atoms. The van der Waals surface area contributed by atoms with Gasteiger partial charge in [0.25, 0.3) is 0 Å². The molecule has 37 heavy (non-hydrogen) atoms. The monoisotopic (exact) mass is 502 g/mol. The molecule has 0 saturated heterocycles. The van der Waals surface area contributed by atoms with E-state index in [1.54, 1.807) is 19.1 Å². The van der Waals surface area contributed by atoms with Crippen molar-refractivity contribution in [3.05, 3.63) is 68.4 Å². The lowest BCUT2D eigenvalue weighted by molar-refractivity contribution is 0.151. The van der Waals surface area contributed by atoms with E-state index >= 15 is 0 Å². The molecule has 0 fully saturated rings. The van der Waals surface area contributed by atoms with Crippen LogP contribution in [-0.4, -0.2) is 26.0 Å². The second-order valence-electron chi connectivity index (χ2n) is 10.7. The van der Waals surface area contributed by atoms with Gasteiger partial charge in [0.15, 0.2) is 16.9 Å². The van der Waals surface area contributed by atoms with Crippen LogP contribution in [0.4, 0.5) is 0 Å². The summed E-state index contributed by atoms with van der Waals surface area (Å²) >= 11 is 0. The highest BCUT2D eigenvalue weighted by Crippen LogP contribution is 2.57. The molecule has 1 aliphatic heterocycles. The molecule has 0 bridgehead atoms. The van der Waals surface area contributed by atoms with Gasteiger partial charge in [-0.2, -0.15) is 0 Å². The van der Waals surface area contributed by atoms with Crippen molar-refractivity contribution in [2.75, 3.05) is 0 Å². The summed E-state index contributed by atoms with van der Waals surface area (Å²) in [4.78, 5) is 13.8. The fourth-order valence-corrected chi connectivity index (χ4v) is 5.17. The molecule has 0 unspecified atom stereocenters. The first-order valence-electron chi connectivity index (χ1n) is 12.1. The van der Waals surface area contributed by atoms with Gasteiger partial charge < -0.3 is 29.6 Å². The molecule has 1 atom stereocenters. The van der Waals surface area contributed by atoms with Crippen LogP contribution in [0.2, 0.25) is 0 Å². The van der Waals surface area contributed by atoms with E-state index in [4.69, 9.17) is 9.15 Å². The van der Waals surface area contributed by atoms with Crippen LogP contribution in [0.25, 0.3) is 28.4 Å².